The third kappa shape index (κ3) is 4.97. The number of halogens is 2. The number of hydrogen-bond acceptors (Lipinski definition) is 6. The van der Waals surface area contributed by atoms with Gasteiger partial charge in [0.25, 0.3) is 15.9 Å². The topological polar surface area (TPSA) is 95.5 Å². The third-order valence-corrected chi connectivity index (χ3v) is 6.57. The summed E-state index contributed by atoms with van der Waals surface area (Å²) in [6.45, 7) is 2.13. The Morgan fingerprint density at radius 1 is 0.969 bits per heavy atom. The predicted molar refractivity (Wildman–Crippen MR) is 119 cm³/mol. The predicted octanol–water partition coefficient (Wildman–Crippen LogP) is 3.03. The lowest BCUT2D eigenvalue weighted by atomic mass is 10.1. The zero-order valence-electron chi connectivity index (χ0n) is 16.8. The first-order chi connectivity index (χ1) is 15.3. The number of aromatic nitrogens is 2. The van der Waals surface area contributed by atoms with E-state index in [1.807, 2.05) is 4.90 Å². The second-order valence-electron chi connectivity index (χ2n) is 7.10. The number of rotatable bonds is 5. The summed E-state index contributed by atoms with van der Waals surface area (Å²) in [4.78, 5) is 24.9. The molecule has 32 heavy (non-hydrogen) atoms. The van der Waals surface area contributed by atoms with Gasteiger partial charge in [0.2, 0.25) is 5.95 Å². The lowest BCUT2D eigenvalue weighted by Crippen LogP contribution is -2.49. The van der Waals surface area contributed by atoms with Crippen LogP contribution in [0.5, 0.6) is 0 Å². The smallest absolute Gasteiger partial charge is 0.261 e. The Labute approximate surface area is 189 Å². The Morgan fingerprint density at radius 2 is 1.62 bits per heavy atom. The summed E-state index contributed by atoms with van der Waals surface area (Å²) in [6, 6.07) is 12.3. The number of piperazine rings is 1. The average molecular weight is 476 g/mol. The summed E-state index contributed by atoms with van der Waals surface area (Å²) >= 11 is 5.92. The van der Waals surface area contributed by atoms with Gasteiger partial charge >= 0.3 is 0 Å². The van der Waals surface area contributed by atoms with Gasteiger partial charge in [-0.2, -0.15) is 0 Å². The molecule has 1 fully saturated rings. The molecule has 1 amide bonds. The maximum absolute atomic E-state index is 13.0. The molecule has 4 rings (SSSR count). The number of nitrogens with one attached hydrogen (secondary N) is 1. The van der Waals surface area contributed by atoms with E-state index < -0.39 is 15.8 Å². The summed E-state index contributed by atoms with van der Waals surface area (Å²) in [5, 5.41) is 0.364. The highest BCUT2D eigenvalue weighted by Gasteiger charge is 2.24. The molecule has 0 bridgehead atoms. The molecular weight excluding hydrogens is 457 g/mol. The number of benzene rings is 2. The summed E-state index contributed by atoms with van der Waals surface area (Å²) in [5.41, 5.74) is 0.746. The molecule has 3 aromatic rings. The van der Waals surface area contributed by atoms with Crippen molar-refractivity contribution < 1.29 is 17.6 Å². The number of amides is 1. The molecule has 0 spiro atoms. The molecule has 1 aliphatic rings. The molecule has 0 saturated carbocycles. The van der Waals surface area contributed by atoms with Gasteiger partial charge in [-0.05, 0) is 54.6 Å². The van der Waals surface area contributed by atoms with E-state index in [-0.39, 0.29) is 10.8 Å². The van der Waals surface area contributed by atoms with Crippen molar-refractivity contribution in [2.75, 3.05) is 35.8 Å². The quantitative estimate of drug-likeness (QED) is 0.570. The van der Waals surface area contributed by atoms with Gasteiger partial charge in [0, 0.05) is 43.6 Å². The summed E-state index contributed by atoms with van der Waals surface area (Å²) in [7, 11) is -3.86. The summed E-state index contributed by atoms with van der Waals surface area (Å²) < 4.78 is 40.3. The lowest BCUT2D eigenvalue weighted by Gasteiger charge is -2.34. The van der Waals surface area contributed by atoms with Crippen molar-refractivity contribution in [1.82, 2.24) is 14.9 Å². The van der Waals surface area contributed by atoms with Gasteiger partial charge in [0.1, 0.15) is 11.0 Å². The molecule has 0 unspecified atom stereocenters. The fourth-order valence-electron chi connectivity index (χ4n) is 3.28. The molecule has 2 aromatic carbocycles. The molecule has 1 saturated heterocycles. The standard InChI is InChI=1S/C21H19ClFN5O3S/c22-19-9-10-24-21(25-19)28-13-11-27(12-14-28)20(29)15-1-5-17(6-2-15)26-32(30,31)18-7-3-16(23)4-8-18/h1-10,26H,11-14H2. The second-order valence-corrected chi connectivity index (χ2v) is 9.17. The fraction of sp³-hybridized carbons (Fsp3) is 0.190. The Kier molecular flexibility index (Phi) is 6.24. The minimum Gasteiger partial charge on any atom is -0.337 e. The van der Waals surface area contributed by atoms with Gasteiger partial charge in [0.15, 0.2) is 0 Å². The van der Waals surface area contributed by atoms with Crippen molar-refractivity contribution in [3.8, 4) is 0 Å². The van der Waals surface area contributed by atoms with Gasteiger partial charge in [-0.1, -0.05) is 11.6 Å². The highest BCUT2D eigenvalue weighted by Crippen LogP contribution is 2.19. The fourth-order valence-corrected chi connectivity index (χ4v) is 4.47. The van der Waals surface area contributed by atoms with E-state index in [1.165, 1.54) is 24.3 Å². The van der Waals surface area contributed by atoms with E-state index in [9.17, 15) is 17.6 Å². The van der Waals surface area contributed by atoms with E-state index in [0.717, 1.165) is 12.1 Å². The molecule has 1 aliphatic heterocycles. The van der Waals surface area contributed by atoms with E-state index in [4.69, 9.17) is 11.6 Å². The number of nitrogens with zero attached hydrogens (tertiary/aromatic N) is 4. The van der Waals surface area contributed by atoms with Crippen LogP contribution >= 0.6 is 11.6 Å². The molecule has 2 heterocycles. The van der Waals surface area contributed by atoms with Crippen LogP contribution in [0, 0.1) is 5.82 Å². The van der Waals surface area contributed by atoms with Crippen molar-refractivity contribution in [1.29, 1.82) is 0 Å². The van der Waals surface area contributed by atoms with Crippen LogP contribution < -0.4 is 9.62 Å². The van der Waals surface area contributed by atoms with Crippen LogP contribution in [0.25, 0.3) is 0 Å². The van der Waals surface area contributed by atoms with Gasteiger partial charge < -0.3 is 9.80 Å². The molecule has 8 nitrogen and oxygen atoms in total. The number of anilines is 2. The number of hydrogen-bond donors (Lipinski definition) is 1. The van der Waals surface area contributed by atoms with Crippen molar-refractivity contribution >= 4 is 39.2 Å². The zero-order chi connectivity index (χ0) is 22.7. The van der Waals surface area contributed by atoms with Gasteiger partial charge in [-0.15, -0.1) is 0 Å². The lowest BCUT2D eigenvalue weighted by molar-refractivity contribution is 0.0746. The first-order valence-electron chi connectivity index (χ1n) is 9.73. The van der Waals surface area contributed by atoms with E-state index >= 15 is 0 Å². The minimum atomic E-state index is -3.86. The van der Waals surface area contributed by atoms with Gasteiger partial charge in [0.05, 0.1) is 4.90 Å². The Balaban J connectivity index is 1.38. The van der Waals surface area contributed by atoms with Crippen molar-refractivity contribution in [3.05, 3.63) is 77.3 Å². The van der Waals surface area contributed by atoms with Crippen LogP contribution in [-0.4, -0.2) is 55.4 Å². The number of sulfonamides is 1. The maximum atomic E-state index is 13.0. The summed E-state index contributed by atoms with van der Waals surface area (Å²) in [5.74, 6) is -0.139. The molecule has 11 heteroatoms. The molecular formula is C21H19ClFN5O3S. The van der Waals surface area contributed by atoms with Crippen LogP contribution in [0.15, 0.2) is 65.7 Å². The normalized spacial score (nSPS) is 14.3. The number of carbonyl (C=O) groups excluding carboxylic acids is 1. The first-order valence-corrected chi connectivity index (χ1v) is 11.6. The van der Waals surface area contributed by atoms with Crippen LogP contribution in [0.2, 0.25) is 5.15 Å². The Morgan fingerprint density at radius 3 is 2.25 bits per heavy atom. The maximum Gasteiger partial charge on any atom is 0.261 e. The van der Waals surface area contributed by atoms with Gasteiger partial charge in [-0.25, -0.2) is 22.8 Å². The minimum absolute atomic E-state index is 0.0550. The molecule has 0 atom stereocenters. The van der Waals surface area contributed by atoms with Crippen LogP contribution in [0.1, 0.15) is 10.4 Å². The summed E-state index contributed by atoms with van der Waals surface area (Å²) in [6.07, 6.45) is 1.59. The Bertz CT molecular complexity index is 1210. The van der Waals surface area contributed by atoms with Crippen LogP contribution in [-0.2, 0) is 10.0 Å². The highest BCUT2D eigenvalue weighted by molar-refractivity contribution is 7.92. The van der Waals surface area contributed by atoms with E-state index in [1.54, 1.807) is 29.3 Å². The molecule has 0 aliphatic carbocycles. The largest absolute Gasteiger partial charge is 0.337 e. The van der Waals surface area contributed by atoms with Crippen molar-refractivity contribution in [3.63, 3.8) is 0 Å². The second kappa shape index (κ2) is 9.09. The SMILES string of the molecule is O=C(c1ccc(NS(=O)(=O)c2ccc(F)cc2)cc1)N1CCN(c2nccc(Cl)n2)CC1. The van der Waals surface area contributed by atoms with Crippen LogP contribution in [0.3, 0.4) is 0 Å². The third-order valence-electron chi connectivity index (χ3n) is 4.97. The first kappa shape index (κ1) is 22.0. The van der Waals surface area contributed by atoms with Crippen molar-refractivity contribution in [2.45, 2.75) is 4.90 Å². The van der Waals surface area contributed by atoms with E-state index in [2.05, 4.69) is 14.7 Å². The molecule has 0 radical (unpaired) electrons. The molecule has 1 N–H and O–H groups in total. The molecule has 166 valence electrons. The Hall–Kier alpha value is -3.24. The van der Waals surface area contributed by atoms with Crippen molar-refractivity contribution in [2.24, 2.45) is 0 Å². The average Bonchev–Trinajstić information content (AvgIpc) is 2.79. The number of carbonyl (C=O) groups is 1. The monoisotopic (exact) mass is 475 g/mol. The molecule has 1 aromatic heterocycles. The highest BCUT2D eigenvalue weighted by atomic mass is 35.5. The van der Waals surface area contributed by atoms with Gasteiger partial charge in [-0.3, -0.25) is 9.52 Å². The van der Waals surface area contributed by atoms with Crippen LogP contribution in [0.4, 0.5) is 16.0 Å². The zero-order valence-corrected chi connectivity index (χ0v) is 18.4. The van der Waals surface area contributed by atoms with E-state index in [0.29, 0.717) is 48.5 Å².